The number of fused-ring (bicyclic) bond motifs is 2. The van der Waals surface area contributed by atoms with Crippen molar-refractivity contribution in [1.29, 1.82) is 0 Å². The van der Waals surface area contributed by atoms with Gasteiger partial charge in [0.15, 0.2) is 0 Å². The number of ether oxygens (including phenoxy) is 1. The number of carboxylic acid groups (broad SMARTS) is 1. The van der Waals surface area contributed by atoms with E-state index in [0.29, 0.717) is 22.5 Å². The van der Waals surface area contributed by atoms with E-state index in [-0.39, 0.29) is 28.8 Å². The predicted octanol–water partition coefficient (Wildman–Crippen LogP) is 5.16. The summed E-state index contributed by atoms with van der Waals surface area (Å²) in [4.78, 5) is 54.9. The van der Waals surface area contributed by atoms with E-state index < -0.39 is 52.3 Å². The van der Waals surface area contributed by atoms with E-state index in [2.05, 4.69) is 10.6 Å². The van der Waals surface area contributed by atoms with Gasteiger partial charge in [-0.25, -0.2) is 9.59 Å². The van der Waals surface area contributed by atoms with Crippen LogP contribution in [0.5, 0.6) is 5.75 Å². The monoisotopic (exact) mass is 599 g/mol. The fraction of sp³-hybridized carbons (Fsp3) is 0.548. The Morgan fingerprint density at radius 3 is 2.17 bits per heavy atom. The maximum Gasteiger partial charge on any atom is 0.397 e. The van der Waals surface area contributed by atoms with Gasteiger partial charge in [0.25, 0.3) is 0 Å². The zero-order chi connectivity index (χ0) is 31.5. The van der Waals surface area contributed by atoms with E-state index in [1.165, 1.54) is 0 Å². The predicted molar refractivity (Wildman–Crippen MR) is 159 cm³/mol. The molecule has 0 saturated carbocycles. The number of phenolic OH excluding ortho intramolecular Hbond substituents is 1. The van der Waals surface area contributed by atoms with Crippen LogP contribution < -0.4 is 10.6 Å². The lowest BCUT2D eigenvalue weighted by Gasteiger charge is -2.47. The zero-order valence-electron chi connectivity index (χ0n) is 25.7. The molecule has 0 saturated heterocycles. The first-order valence-corrected chi connectivity index (χ1v) is 14.8. The Morgan fingerprint density at radius 2 is 1.64 bits per heavy atom. The summed E-state index contributed by atoms with van der Waals surface area (Å²) >= 11 is 1.11. The quantitative estimate of drug-likeness (QED) is 0.280. The topological polar surface area (TPSA) is 145 Å². The number of aromatic carboxylic acids is 1. The van der Waals surface area contributed by atoms with E-state index in [0.717, 1.165) is 16.9 Å². The third-order valence-corrected chi connectivity index (χ3v) is 8.77. The standard InChI is InChI=1S/C31H41N3O7S/c1-29(2,3)20-18-19(27(38)39)25(33-24(36)28(40)41-31(7,8)9)42-22(18)23(30(4,5)6)32-21(20)26(37)34-13-15-11-10-12-17(35)16(15)14-34/h10-12,20-21,23,32,35H,13-14H2,1-9H3,(H,33,36)(H,38,39). The van der Waals surface area contributed by atoms with Crippen LogP contribution in [-0.4, -0.2) is 50.5 Å². The molecule has 3 unspecified atom stereocenters. The van der Waals surface area contributed by atoms with Crippen LogP contribution in [0.4, 0.5) is 5.00 Å². The fourth-order valence-electron chi connectivity index (χ4n) is 5.83. The van der Waals surface area contributed by atoms with Gasteiger partial charge in [-0.2, -0.15) is 0 Å². The third-order valence-electron chi connectivity index (χ3n) is 7.59. The largest absolute Gasteiger partial charge is 0.508 e. The number of aromatic hydroxyl groups is 1. The second-order valence-electron chi connectivity index (χ2n) is 14.2. The Hall–Kier alpha value is -3.44. The molecule has 3 heterocycles. The number of amides is 2. The summed E-state index contributed by atoms with van der Waals surface area (Å²) in [5.74, 6) is -4.11. The van der Waals surface area contributed by atoms with Crippen molar-refractivity contribution >= 4 is 40.1 Å². The molecule has 2 aliphatic rings. The number of nitrogens with one attached hydrogen (secondary N) is 2. The Balaban J connectivity index is 1.83. The molecule has 42 heavy (non-hydrogen) atoms. The molecule has 3 atom stereocenters. The number of benzene rings is 1. The molecule has 2 aliphatic heterocycles. The smallest absolute Gasteiger partial charge is 0.397 e. The highest BCUT2D eigenvalue weighted by atomic mass is 32.1. The number of carbonyl (C=O) groups is 4. The van der Waals surface area contributed by atoms with Crippen LogP contribution in [0.15, 0.2) is 18.2 Å². The van der Waals surface area contributed by atoms with Crippen LogP contribution >= 0.6 is 11.3 Å². The van der Waals surface area contributed by atoms with Gasteiger partial charge < -0.3 is 25.2 Å². The van der Waals surface area contributed by atoms with E-state index in [4.69, 9.17) is 4.74 Å². The van der Waals surface area contributed by atoms with Gasteiger partial charge in [0.05, 0.1) is 18.2 Å². The third kappa shape index (κ3) is 6.03. The molecule has 0 spiro atoms. The number of rotatable bonds is 3. The molecular weight excluding hydrogens is 558 g/mol. The first-order valence-electron chi connectivity index (χ1n) is 14.0. The first-order chi connectivity index (χ1) is 19.2. The lowest BCUT2D eigenvalue weighted by atomic mass is 9.66. The molecule has 0 aliphatic carbocycles. The molecule has 2 amide bonds. The maximum absolute atomic E-state index is 14.3. The molecule has 10 nitrogen and oxygen atoms in total. The number of hydrogen-bond donors (Lipinski definition) is 4. The van der Waals surface area contributed by atoms with Crippen LogP contribution in [0.3, 0.4) is 0 Å². The second-order valence-corrected chi connectivity index (χ2v) is 15.3. The number of esters is 1. The highest BCUT2D eigenvalue weighted by molar-refractivity contribution is 7.17. The number of carboxylic acids is 1. The molecule has 1 aromatic heterocycles. The second kappa shape index (κ2) is 10.7. The van der Waals surface area contributed by atoms with Crippen molar-refractivity contribution in [2.45, 2.75) is 99.0 Å². The maximum atomic E-state index is 14.3. The molecule has 0 fully saturated rings. The van der Waals surface area contributed by atoms with Crippen molar-refractivity contribution in [3.8, 4) is 5.75 Å². The van der Waals surface area contributed by atoms with Gasteiger partial charge in [-0.1, -0.05) is 53.7 Å². The minimum Gasteiger partial charge on any atom is -0.508 e. The van der Waals surface area contributed by atoms with Crippen molar-refractivity contribution in [2.24, 2.45) is 10.8 Å². The number of phenols is 1. The van der Waals surface area contributed by atoms with Crippen LogP contribution in [-0.2, 0) is 32.2 Å². The molecular formula is C31H41N3O7S. The van der Waals surface area contributed by atoms with Gasteiger partial charge in [0, 0.05) is 28.9 Å². The number of hydrogen-bond acceptors (Lipinski definition) is 8. The van der Waals surface area contributed by atoms with E-state index >= 15 is 0 Å². The summed E-state index contributed by atoms with van der Waals surface area (Å²) in [6, 6.07) is 4.00. The first kappa shape index (κ1) is 31.5. The summed E-state index contributed by atoms with van der Waals surface area (Å²) in [6.45, 7) is 17.3. The van der Waals surface area contributed by atoms with Crippen LogP contribution in [0, 0.1) is 10.8 Å². The minimum atomic E-state index is -1.26. The van der Waals surface area contributed by atoms with Gasteiger partial charge in [-0.05, 0) is 48.8 Å². The Morgan fingerprint density at radius 1 is 1.00 bits per heavy atom. The summed E-state index contributed by atoms with van der Waals surface area (Å²) in [5.41, 5.74) is -0.00725. The van der Waals surface area contributed by atoms with Crippen LogP contribution in [0.2, 0.25) is 0 Å². The SMILES string of the molecule is CC(C)(C)OC(=O)C(=O)Nc1sc2c(c1C(=O)O)C(C(C)(C)C)C(C(=O)N1Cc3cccc(O)c3C1)NC2C(C)(C)C. The molecule has 228 valence electrons. The summed E-state index contributed by atoms with van der Waals surface area (Å²) in [7, 11) is 0. The number of anilines is 1. The van der Waals surface area contributed by atoms with Crippen LogP contribution in [0.1, 0.15) is 106 Å². The van der Waals surface area contributed by atoms with Crippen molar-refractivity contribution in [3.05, 3.63) is 45.3 Å². The summed E-state index contributed by atoms with van der Waals surface area (Å²) in [6.07, 6.45) is 0. The average molecular weight is 600 g/mol. The van der Waals surface area contributed by atoms with Crippen molar-refractivity contribution in [2.75, 3.05) is 5.32 Å². The number of thiophene rings is 1. The molecule has 4 N–H and O–H groups in total. The van der Waals surface area contributed by atoms with Gasteiger partial charge in [0.2, 0.25) is 5.91 Å². The molecule has 0 radical (unpaired) electrons. The minimum absolute atomic E-state index is 0.0280. The Labute approximate surface area is 250 Å². The van der Waals surface area contributed by atoms with Crippen LogP contribution in [0.25, 0.3) is 0 Å². The highest BCUT2D eigenvalue weighted by Crippen LogP contribution is 2.55. The van der Waals surface area contributed by atoms with E-state index in [1.807, 2.05) is 47.6 Å². The fourth-order valence-corrected chi connectivity index (χ4v) is 7.37. The summed E-state index contributed by atoms with van der Waals surface area (Å²) in [5, 5.41) is 27.0. The lowest BCUT2D eigenvalue weighted by molar-refractivity contribution is -0.161. The Kier molecular flexibility index (Phi) is 8.01. The van der Waals surface area contributed by atoms with Gasteiger partial charge >= 0.3 is 17.8 Å². The number of nitrogens with zero attached hydrogens (tertiary/aromatic N) is 1. The van der Waals surface area contributed by atoms with Crippen molar-refractivity contribution in [1.82, 2.24) is 10.2 Å². The van der Waals surface area contributed by atoms with E-state index in [1.54, 1.807) is 37.8 Å². The molecule has 4 rings (SSSR count). The van der Waals surface area contributed by atoms with Crippen molar-refractivity contribution in [3.63, 3.8) is 0 Å². The van der Waals surface area contributed by atoms with Crippen molar-refractivity contribution < 1.29 is 34.1 Å². The van der Waals surface area contributed by atoms with Gasteiger partial charge in [-0.3, -0.25) is 14.9 Å². The normalized spacial score (nSPS) is 20.5. The molecule has 0 bridgehead atoms. The lowest BCUT2D eigenvalue weighted by Crippen LogP contribution is -2.56. The zero-order valence-corrected chi connectivity index (χ0v) is 26.5. The molecule has 11 heteroatoms. The van der Waals surface area contributed by atoms with Gasteiger partial charge in [0.1, 0.15) is 16.4 Å². The molecule has 1 aromatic carbocycles. The highest BCUT2D eigenvalue weighted by Gasteiger charge is 2.51. The number of carbonyl (C=O) groups excluding carboxylic acids is 3. The van der Waals surface area contributed by atoms with E-state index in [9.17, 15) is 29.4 Å². The van der Waals surface area contributed by atoms with Gasteiger partial charge in [-0.15, -0.1) is 11.3 Å². The molecule has 2 aromatic rings. The Bertz CT molecular complexity index is 1440. The average Bonchev–Trinajstić information content (AvgIpc) is 3.42. The summed E-state index contributed by atoms with van der Waals surface area (Å²) < 4.78 is 5.19.